The predicted molar refractivity (Wildman–Crippen MR) is 60.4 cm³/mol. The second-order valence-corrected chi connectivity index (χ2v) is 3.97. The van der Waals surface area contributed by atoms with E-state index in [1.807, 2.05) is 30.3 Å². The number of nitrogens with zero attached hydrogens (tertiary/aromatic N) is 1. The van der Waals surface area contributed by atoms with Crippen LogP contribution in [0.25, 0.3) is 0 Å². The summed E-state index contributed by atoms with van der Waals surface area (Å²) in [6.07, 6.45) is 1.88. The number of carbonyl (C=O) groups excluding carboxylic acids is 2. The minimum atomic E-state index is -0.211. The zero-order chi connectivity index (χ0) is 11.5. The third-order valence-corrected chi connectivity index (χ3v) is 2.55. The average molecular weight is 215 g/mol. The summed E-state index contributed by atoms with van der Waals surface area (Å²) in [5.41, 5.74) is 1.80. The number of hydrogen-bond donors (Lipinski definition) is 0. The highest BCUT2D eigenvalue weighted by atomic mass is 16.2. The van der Waals surface area contributed by atoms with E-state index in [9.17, 15) is 9.59 Å². The molecule has 0 bridgehead atoms. The van der Waals surface area contributed by atoms with Gasteiger partial charge in [-0.15, -0.1) is 0 Å². The fourth-order valence-corrected chi connectivity index (χ4v) is 1.73. The summed E-state index contributed by atoms with van der Waals surface area (Å²) in [5.74, 6) is -0.327. The molecule has 1 aromatic rings. The number of amides is 2. The van der Waals surface area contributed by atoms with Crippen LogP contribution in [0.3, 0.4) is 0 Å². The van der Waals surface area contributed by atoms with Crippen LogP contribution in [-0.4, -0.2) is 16.7 Å². The highest BCUT2D eigenvalue weighted by molar-refractivity contribution is 6.04. The zero-order valence-electron chi connectivity index (χ0n) is 9.14. The van der Waals surface area contributed by atoms with Crippen molar-refractivity contribution in [1.29, 1.82) is 0 Å². The van der Waals surface area contributed by atoms with Gasteiger partial charge in [0, 0.05) is 12.5 Å². The van der Waals surface area contributed by atoms with Crippen molar-refractivity contribution in [3.05, 3.63) is 47.5 Å². The van der Waals surface area contributed by atoms with Gasteiger partial charge >= 0.3 is 0 Å². The van der Waals surface area contributed by atoms with E-state index in [1.54, 1.807) is 6.92 Å². The maximum absolute atomic E-state index is 11.7. The summed E-state index contributed by atoms with van der Waals surface area (Å²) in [6, 6.07) is 9.52. The molecule has 16 heavy (non-hydrogen) atoms. The first-order chi connectivity index (χ1) is 7.66. The Morgan fingerprint density at radius 3 is 2.50 bits per heavy atom. The summed E-state index contributed by atoms with van der Waals surface area (Å²) < 4.78 is 0. The van der Waals surface area contributed by atoms with Crippen LogP contribution < -0.4 is 0 Å². The molecule has 1 aliphatic heterocycles. The minimum absolute atomic E-state index is 0.117. The Morgan fingerprint density at radius 1 is 1.19 bits per heavy atom. The van der Waals surface area contributed by atoms with Crippen LogP contribution in [0.15, 0.2) is 42.0 Å². The molecule has 1 heterocycles. The molecule has 0 aromatic heterocycles. The van der Waals surface area contributed by atoms with Crippen molar-refractivity contribution in [2.75, 3.05) is 0 Å². The minimum Gasteiger partial charge on any atom is -0.274 e. The molecule has 0 fully saturated rings. The summed E-state index contributed by atoms with van der Waals surface area (Å²) in [5, 5.41) is 0. The summed E-state index contributed by atoms with van der Waals surface area (Å²) in [4.78, 5) is 24.6. The van der Waals surface area contributed by atoms with Gasteiger partial charge in [-0.2, -0.15) is 0 Å². The van der Waals surface area contributed by atoms with Crippen LogP contribution in [0.4, 0.5) is 0 Å². The van der Waals surface area contributed by atoms with Crippen molar-refractivity contribution in [2.45, 2.75) is 19.9 Å². The van der Waals surface area contributed by atoms with E-state index in [1.165, 1.54) is 11.0 Å². The quantitative estimate of drug-likeness (QED) is 0.706. The van der Waals surface area contributed by atoms with Crippen molar-refractivity contribution in [3.63, 3.8) is 0 Å². The van der Waals surface area contributed by atoms with E-state index >= 15 is 0 Å². The van der Waals surface area contributed by atoms with Crippen LogP contribution in [0, 0.1) is 0 Å². The average Bonchev–Trinajstić information content (AvgIpc) is 2.25. The van der Waals surface area contributed by atoms with E-state index in [2.05, 4.69) is 0 Å². The van der Waals surface area contributed by atoms with Crippen molar-refractivity contribution in [1.82, 2.24) is 4.90 Å². The molecule has 3 nitrogen and oxygen atoms in total. The highest BCUT2D eigenvalue weighted by Crippen LogP contribution is 2.15. The van der Waals surface area contributed by atoms with Gasteiger partial charge in [-0.1, -0.05) is 35.9 Å². The number of benzene rings is 1. The van der Waals surface area contributed by atoms with Crippen LogP contribution in [-0.2, 0) is 16.1 Å². The molecular weight excluding hydrogens is 202 g/mol. The van der Waals surface area contributed by atoms with Gasteiger partial charge in [-0.3, -0.25) is 14.5 Å². The Kier molecular flexibility index (Phi) is 2.86. The number of imide groups is 1. The smallest absolute Gasteiger partial charge is 0.253 e. The Hall–Kier alpha value is -1.90. The Morgan fingerprint density at radius 2 is 1.88 bits per heavy atom. The van der Waals surface area contributed by atoms with Gasteiger partial charge < -0.3 is 0 Å². The van der Waals surface area contributed by atoms with E-state index in [0.29, 0.717) is 13.0 Å². The first kappa shape index (κ1) is 10.6. The number of hydrogen-bond acceptors (Lipinski definition) is 2. The monoisotopic (exact) mass is 215 g/mol. The molecule has 0 N–H and O–H groups in total. The van der Waals surface area contributed by atoms with Gasteiger partial charge in [0.2, 0.25) is 5.91 Å². The van der Waals surface area contributed by atoms with E-state index < -0.39 is 0 Å². The molecule has 3 heteroatoms. The van der Waals surface area contributed by atoms with Crippen molar-refractivity contribution < 1.29 is 9.59 Å². The molecule has 0 aliphatic carbocycles. The Balaban J connectivity index is 2.17. The lowest BCUT2D eigenvalue weighted by Gasteiger charge is -2.23. The Labute approximate surface area is 94.4 Å². The first-order valence-corrected chi connectivity index (χ1v) is 5.22. The summed E-state index contributed by atoms with van der Waals surface area (Å²) in [7, 11) is 0. The van der Waals surface area contributed by atoms with Crippen molar-refractivity contribution >= 4 is 11.8 Å². The zero-order valence-corrected chi connectivity index (χ0v) is 9.14. The molecule has 2 amide bonds. The normalized spacial score (nSPS) is 16.3. The number of rotatable bonds is 2. The topological polar surface area (TPSA) is 37.4 Å². The third-order valence-electron chi connectivity index (χ3n) is 2.55. The standard InChI is InChI=1S/C13H13NO2/c1-10-7-12(15)14(13(16)8-10)9-11-5-3-2-4-6-11/h2-7H,8-9H2,1H3. The highest BCUT2D eigenvalue weighted by Gasteiger charge is 2.24. The lowest BCUT2D eigenvalue weighted by molar-refractivity contribution is -0.143. The van der Waals surface area contributed by atoms with Crippen LogP contribution in [0.5, 0.6) is 0 Å². The second-order valence-electron chi connectivity index (χ2n) is 3.97. The van der Waals surface area contributed by atoms with Gasteiger partial charge in [0.05, 0.1) is 6.54 Å². The molecule has 0 radical (unpaired) electrons. The molecular formula is C13H13NO2. The fourth-order valence-electron chi connectivity index (χ4n) is 1.73. The SMILES string of the molecule is CC1=CC(=O)N(Cc2ccccc2)C(=O)C1. The summed E-state index contributed by atoms with van der Waals surface area (Å²) in [6.45, 7) is 2.16. The van der Waals surface area contributed by atoms with Crippen molar-refractivity contribution in [3.8, 4) is 0 Å². The maximum Gasteiger partial charge on any atom is 0.253 e. The lowest BCUT2D eigenvalue weighted by Crippen LogP contribution is -2.38. The first-order valence-electron chi connectivity index (χ1n) is 5.22. The van der Waals surface area contributed by atoms with Crippen LogP contribution >= 0.6 is 0 Å². The van der Waals surface area contributed by atoms with E-state index in [4.69, 9.17) is 0 Å². The van der Waals surface area contributed by atoms with Gasteiger partial charge in [0.15, 0.2) is 0 Å². The van der Waals surface area contributed by atoms with E-state index in [-0.39, 0.29) is 11.8 Å². The molecule has 0 saturated carbocycles. The Bertz CT molecular complexity index is 448. The summed E-state index contributed by atoms with van der Waals surface area (Å²) >= 11 is 0. The second kappa shape index (κ2) is 4.31. The van der Waals surface area contributed by atoms with Gasteiger partial charge in [0.1, 0.15) is 0 Å². The molecule has 2 rings (SSSR count). The molecule has 1 aromatic carbocycles. The van der Waals surface area contributed by atoms with Gasteiger partial charge in [-0.25, -0.2) is 0 Å². The molecule has 1 aliphatic rings. The van der Waals surface area contributed by atoms with Gasteiger partial charge in [-0.05, 0) is 12.5 Å². The van der Waals surface area contributed by atoms with Crippen molar-refractivity contribution in [2.24, 2.45) is 0 Å². The lowest BCUT2D eigenvalue weighted by atomic mass is 10.1. The third kappa shape index (κ3) is 2.19. The number of carbonyl (C=O) groups is 2. The fraction of sp³-hybridized carbons (Fsp3) is 0.231. The maximum atomic E-state index is 11.7. The van der Waals surface area contributed by atoms with Crippen LogP contribution in [0.2, 0.25) is 0 Å². The molecule has 0 atom stereocenters. The molecule has 82 valence electrons. The molecule has 0 unspecified atom stereocenters. The van der Waals surface area contributed by atoms with Crippen LogP contribution in [0.1, 0.15) is 18.9 Å². The predicted octanol–water partition coefficient (Wildman–Crippen LogP) is 1.89. The molecule has 0 spiro atoms. The van der Waals surface area contributed by atoms with Gasteiger partial charge in [0.25, 0.3) is 5.91 Å². The molecule has 0 saturated heterocycles. The van der Waals surface area contributed by atoms with E-state index in [0.717, 1.165) is 11.1 Å². The largest absolute Gasteiger partial charge is 0.274 e.